The first-order valence-corrected chi connectivity index (χ1v) is 10.7. The summed E-state index contributed by atoms with van der Waals surface area (Å²) in [7, 11) is 0. The number of nitrogens with one attached hydrogen (secondary N) is 3. The van der Waals surface area contributed by atoms with E-state index in [-0.39, 0.29) is 18.2 Å². The van der Waals surface area contributed by atoms with Crippen LogP contribution in [0.3, 0.4) is 0 Å². The van der Waals surface area contributed by atoms with Crippen LogP contribution in [0.25, 0.3) is 0 Å². The predicted molar refractivity (Wildman–Crippen MR) is 127 cm³/mol. The SMILES string of the molecule is Cc1cccc(C(C)C)c1NC(=O)NNC(=O)CC1=CCN(c2ccc(N=O)cc2)CC1. The van der Waals surface area contributed by atoms with E-state index in [1.165, 1.54) is 0 Å². The molecule has 0 saturated heterocycles. The molecule has 0 radical (unpaired) electrons. The molecular formula is C24H29N5O3. The highest BCUT2D eigenvalue weighted by Crippen LogP contribution is 2.27. The van der Waals surface area contributed by atoms with Crippen molar-refractivity contribution in [3.05, 3.63) is 70.1 Å². The maximum absolute atomic E-state index is 12.3. The number of anilines is 2. The van der Waals surface area contributed by atoms with Crippen LogP contribution < -0.4 is 21.1 Å². The smallest absolute Gasteiger partial charge is 0.337 e. The van der Waals surface area contributed by atoms with Crippen LogP contribution >= 0.6 is 0 Å². The first-order valence-electron chi connectivity index (χ1n) is 10.7. The second kappa shape index (κ2) is 10.6. The Morgan fingerprint density at radius 3 is 2.47 bits per heavy atom. The van der Waals surface area contributed by atoms with Crippen molar-refractivity contribution < 1.29 is 9.59 Å². The zero-order valence-electron chi connectivity index (χ0n) is 18.6. The lowest BCUT2D eigenvalue weighted by atomic mass is 9.98. The van der Waals surface area contributed by atoms with Gasteiger partial charge in [-0.25, -0.2) is 10.2 Å². The summed E-state index contributed by atoms with van der Waals surface area (Å²) >= 11 is 0. The van der Waals surface area contributed by atoms with Gasteiger partial charge in [-0.15, -0.1) is 4.91 Å². The molecule has 0 unspecified atom stereocenters. The Labute approximate surface area is 188 Å². The molecule has 3 amide bonds. The van der Waals surface area contributed by atoms with Gasteiger partial charge in [-0.1, -0.05) is 43.7 Å². The minimum absolute atomic E-state index is 0.226. The average Bonchev–Trinajstić information content (AvgIpc) is 2.79. The summed E-state index contributed by atoms with van der Waals surface area (Å²) in [5, 5.41) is 5.75. The van der Waals surface area contributed by atoms with E-state index in [0.29, 0.717) is 12.2 Å². The summed E-state index contributed by atoms with van der Waals surface area (Å²) in [6, 6.07) is 12.5. The van der Waals surface area contributed by atoms with E-state index in [9.17, 15) is 14.5 Å². The van der Waals surface area contributed by atoms with Crippen LogP contribution in [0.5, 0.6) is 0 Å². The van der Waals surface area contributed by atoms with Crippen LogP contribution in [0.2, 0.25) is 0 Å². The molecule has 1 aliphatic heterocycles. The number of hydrogen-bond donors (Lipinski definition) is 3. The van der Waals surface area contributed by atoms with Gasteiger partial charge in [0.1, 0.15) is 5.69 Å². The highest BCUT2D eigenvalue weighted by atomic mass is 16.3. The first-order chi connectivity index (χ1) is 15.4. The van der Waals surface area contributed by atoms with Crippen molar-refractivity contribution in [1.29, 1.82) is 0 Å². The van der Waals surface area contributed by atoms with Crippen molar-refractivity contribution >= 4 is 29.0 Å². The van der Waals surface area contributed by atoms with Crippen LogP contribution in [0.15, 0.2) is 59.3 Å². The Kier molecular flexibility index (Phi) is 7.59. The molecular weight excluding hydrogens is 406 g/mol. The van der Waals surface area contributed by atoms with Crippen LogP contribution in [0.1, 0.15) is 43.7 Å². The molecule has 8 heteroatoms. The molecule has 0 saturated carbocycles. The number of hydrogen-bond acceptors (Lipinski definition) is 5. The lowest BCUT2D eigenvalue weighted by molar-refractivity contribution is -0.121. The minimum atomic E-state index is -0.480. The number of urea groups is 1. The Bertz CT molecular complexity index is 1010. The van der Waals surface area contributed by atoms with Crippen molar-refractivity contribution in [2.24, 2.45) is 5.18 Å². The van der Waals surface area contributed by atoms with E-state index >= 15 is 0 Å². The molecule has 3 N–H and O–H groups in total. The highest BCUT2D eigenvalue weighted by Gasteiger charge is 2.16. The van der Waals surface area contributed by atoms with Crippen molar-refractivity contribution in [3.8, 4) is 0 Å². The third kappa shape index (κ3) is 5.94. The van der Waals surface area contributed by atoms with Gasteiger partial charge in [0.15, 0.2) is 0 Å². The van der Waals surface area contributed by atoms with Crippen molar-refractivity contribution in [1.82, 2.24) is 10.9 Å². The molecule has 168 valence electrons. The van der Waals surface area contributed by atoms with E-state index < -0.39 is 6.03 Å². The third-order valence-corrected chi connectivity index (χ3v) is 5.49. The molecule has 2 aromatic rings. The monoisotopic (exact) mass is 435 g/mol. The largest absolute Gasteiger partial charge is 0.367 e. The van der Waals surface area contributed by atoms with E-state index in [1.54, 1.807) is 12.1 Å². The van der Waals surface area contributed by atoms with Crippen molar-refractivity contribution in [2.75, 3.05) is 23.3 Å². The van der Waals surface area contributed by atoms with Crippen LogP contribution in [-0.2, 0) is 4.79 Å². The van der Waals surface area contributed by atoms with E-state index in [0.717, 1.165) is 41.0 Å². The summed E-state index contributed by atoms with van der Waals surface area (Å²) < 4.78 is 0. The molecule has 32 heavy (non-hydrogen) atoms. The fourth-order valence-corrected chi connectivity index (χ4v) is 3.69. The molecule has 0 spiro atoms. The molecule has 1 heterocycles. The molecule has 8 nitrogen and oxygen atoms in total. The highest BCUT2D eigenvalue weighted by molar-refractivity contribution is 5.92. The summed E-state index contributed by atoms with van der Waals surface area (Å²) in [5.74, 6) is -0.00709. The second-order valence-corrected chi connectivity index (χ2v) is 8.16. The number of hydrazine groups is 1. The van der Waals surface area contributed by atoms with Crippen molar-refractivity contribution in [3.63, 3.8) is 0 Å². The van der Waals surface area contributed by atoms with E-state index in [4.69, 9.17) is 0 Å². The van der Waals surface area contributed by atoms with Gasteiger partial charge < -0.3 is 10.2 Å². The predicted octanol–water partition coefficient (Wildman–Crippen LogP) is 4.90. The molecule has 3 rings (SSSR count). The molecule has 1 aliphatic rings. The molecule has 0 fully saturated rings. The first kappa shape index (κ1) is 23.0. The average molecular weight is 436 g/mol. The zero-order chi connectivity index (χ0) is 23.1. The summed E-state index contributed by atoms with van der Waals surface area (Å²) in [6.45, 7) is 7.51. The van der Waals surface area contributed by atoms with E-state index in [2.05, 4.69) is 40.1 Å². The summed E-state index contributed by atoms with van der Waals surface area (Å²) in [6.07, 6.45) is 3.00. The topological polar surface area (TPSA) is 103 Å². The summed E-state index contributed by atoms with van der Waals surface area (Å²) in [4.78, 5) is 37.3. The third-order valence-electron chi connectivity index (χ3n) is 5.49. The standard InChI is InChI=1S/C24H29N5O3/c1-16(2)21-6-4-5-17(3)23(21)25-24(31)27-26-22(30)15-18-11-13-29(14-12-18)20-9-7-19(28-32)8-10-20/h4-11,16H,12-15H2,1-3H3,(H,26,30)(H2,25,27,31). The number of nitrogens with zero attached hydrogens (tertiary/aromatic N) is 2. The fourth-order valence-electron chi connectivity index (χ4n) is 3.69. The molecule has 2 aromatic carbocycles. The van der Waals surface area contributed by atoms with Crippen LogP contribution in [0.4, 0.5) is 21.9 Å². The fraction of sp³-hybridized carbons (Fsp3) is 0.333. The lowest BCUT2D eigenvalue weighted by Gasteiger charge is -2.28. The lowest BCUT2D eigenvalue weighted by Crippen LogP contribution is -2.44. The van der Waals surface area contributed by atoms with Gasteiger partial charge >= 0.3 is 6.03 Å². The molecule has 0 aromatic heterocycles. The number of nitroso groups, excluding NO2 is 1. The Morgan fingerprint density at radius 2 is 1.84 bits per heavy atom. The van der Waals surface area contributed by atoms with Gasteiger partial charge in [-0.2, -0.15) is 0 Å². The molecule has 0 atom stereocenters. The van der Waals surface area contributed by atoms with Crippen LogP contribution in [-0.4, -0.2) is 25.0 Å². The molecule has 0 bridgehead atoms. The number of amides is 3. The van der Waals surface area contributed by atoms with Gasteiger partial charge in [0.2, 0.25) is 5.91 Å². The number of aryl methyl sites for hydroxylation is 1. The van der Waals surface area contributed by atoms with Gasteiger partial charge in [0.05, 0.1) is 0 Å². The van der Waals surface area contributed by atoms with Gasteiger partial charge in [-0.05, 0) is 59.8 Å². The van der Waals surface area contributed by atoms with E-state index in [1.807, 2.05) is 43.3 Å². The number of carbonyl (C=O) groups is 2. The van der Waals surface area contributed by atoms with Gasteiger partial charge in [0, 0.05) is 30.9 Å². The Balaban J connectivity index is 1.47. The van der Waals surface area contributed by atoms with Gasteiger partial charge in [0.25, 0.3) is 0 Å². The zero-order valence-corrected chi connectivity index (χ0v) is 18.6. The number of benzene rings is 2. The normalized spacial score (nSPS) is 13.4. The van der Waals surface area contributed by atoms with Crippen LogP contribution in [0, 0.1) is 11.8 Å². The Morgan fingerprint density at radius 1 is 1.09 bits per heavy atom. The molecule has 0 aliphatic carbocycles. The number of para-hydroxylation sites is 1. The number of carbonyl (C=O) groups excluding carboxylic acids is 2. The maximum atomic E-state index is 12.3. The maximum Gasteiger partial charge on any atom is 0.337 e. The second-order valence-electron chi connectivity index (χ2n) is 8.16. The summed E-state index contributed by atoms with van der Waals surface area (Å²) in [5.41, 5.74) is 10.1. The Hall–Kier alpha value is -3.68. The number of rotatable bonds is 6. The van der Waals surface area contributed by atoms with Gasteiger partial charge in [-0.3, -0.25) is 10.2 Å². The minimum Gasteiger partial charge on any atom is -0.367 e. The van der Waals surface area contributed by atoms with Crippen molar-refractivity contribution in [2.45, 2.75) is 39.5 Å². The quantitative estimate of drug-likeness (QED) is 0.341.